The molecule has 0 bridgehead atoms. The van der Waals surface area contributed by atoms with Gasteiger partial charge in [-0.25, -0.2) is 0 Å². The molecule has 1 atom stereocenters. The topological polar surface area (TPSA) is 49.3 Å². The number of para-hydroxylation sites is 1. The van der Waals surface area contributed by atoms with Crippen molar-refractivity contribution in [3.8, 4) is 0 Å². The number of alkyl halides is 3. The number of anilines is 1. The zero-order valence-electron chi connectivity index (χ0n) is 8.38. The Hall–Kier alpha value is -1.72. The SMILES string of the molecule is C[C@@H](Nc1ccccc1C(F)(F)F)C(=O)O. The van der Waals surface area contributed by atoms with Crippen LogP contribution < -0.4 is 5.32 Å². The highest BCUT2D eigenvalue weighted by Crippen LogP contribution is 2.34. The van der Waals surface area contributed by atoms with Gasteiger partial charge in [0.05, 0.1) is 5.56 Å². The maximum absolute atomic E-state index is 12.5. The lowest BCUT2D eigenvalue weighted by atomic mass is 10.1. The number of halogens is 3. The van der Waals surface area contributed by atoms with Gasteiger partial charge in [-0.2, -0.15) is 13.2 Å². The smallest absolute Gasteiger partial charge is 0.418 e. The minimum atomic E-state index is -4.50. The van der Waals surface area contributed by atoms with Crippen LogP contribution in [0.25, 0.3) is 0 Å². The van der Waals surface area contributed by atoms with Crippen LogP contribution in [-0.2, 0) is 11.0 Å². The molecule has 0 aliphatic carbocycles. The van der Waals surface area contributed by atoms with Gasteiger partial charge < -0.3 is 10.4 Å². The molecular formula is C10H10F3NO2. The number of aliphatic carboxylic acids is 1. The lowest BCUT2D eigenvalue weighted by molar-refractivity contribution is -0.139. The van der Waals surface area contributed by atoms with Gasteiger partial charge in [0.25, 0.3) is 0 Å². The molecule has 0 radical (unpaired) electrons. The van der Waals surface area contributed by atoms with Gasteiger partial charge in [-0.05, 0) is 19.1 Å². The monoisotopic (exact) mass is 233 g/mol. The van der Waals surface area contributed by atoms with Crippen molar-refractivity contribution in [1.29, 1.82) is 0 Å². The van der Waals surface area contributed by atoms with Gasteiger partial charge in [-0.3, -0.25) is 4.79 Å². The van der Waals surface area contributed by atoms with E-state index in [1.807, 2.05) is 0 Å². The highest BCUT2D eigenvalue weighted by atomic mass is 19.4. The second-order valence-corrected chi connectivity index (χ2v) is 3.25. The van der Waals surface area contributed by atoms with Crippen molar-refractivity contribution >= 4 is 11.7 Å². The van der Waals surface area contributed by atoms with Crippen LogP contribution in [0.3, 0.4) is 0 Å². The molecule has 0 heterocycles. The molecule has 1 aromatic rings. The van der Waals surface area contributed by atoms with Gasteiger partial charge in [0.1, 0.15) is 6.04 Å². The first-order chi connectivity index (χ1) is 7.32. The predicted octanol–water partition coefficient (Wildman–Crippen LogP) is 2.59. The molecule has 0 saturated heterocycles. The third kappa shape index (κ3) is 2.88. The molecule has 0 fully saturated rings. The van der Waals surface area contributed by atoms with Crippen LogP contribution in [0.4, 0.5) is 18.9 Å². The standard InChI is InChI=1S/C10H10F3NO2/c1-6(9(15)16)14-8-5-3-2-4-7(8)10(11,12)13/h2-6,14H,1H3,(H,15,16)/t6-/m1/s1. The van der Waals surface area contributed by atoms with E-state index < -0.39 is 23.8 Å². The molecule has 2 N–H and O–H groups in total. The Morgan fingerprint density at radius 3 is 2.44 bits per heavy atom. The quantitative estimate of drug-likeness (QED) is 0.843. The van der Waals surface area contributed by atoms with Crippen LogP contribution in [0.15, 0.2) is 24.3 Å². The van der Waals surface area contributed by atoms with E-state index in [-0.39, 0.29) is 5.69 Å². The maximum atomic E-state index is 12.5. The third-order valence-electron chi connectivity index (χ3n) is 1.97. The molecule has 0 amide bonds. The summed E-state index contributed by atoms with van der Waals surface area (Å²) in [7, 11) is 0. The van der Waals surface area contributed by atoms with Crippen molar-refractivity contribution in [3.63, 3.8) is 0 Å². The van der Waals surface area contributed by atoms with Crippen molar-refractivity contribution in [2.75, 3.05) is 5.32 Å². The lowest BCUT2D eigenvalue weighted by Gasteiger charge is -2.16. The molecule has 0 aliphatic rings. The minimum absolute atomic E-state index is 0.232. The van der Waals surface area contributed by atoms with Gasteiger partial charge in [-0.15, -0.1) is 0 Å². The average Bonchev–Trinajstić information content (AvgIpc) is 2.16. The Kier molecular flexibility index (Phi) is 3.41. The van der Waals surface area contributed by atoms with Gasteiger partial charge in [0.15, 0.2) is 0 Å². The Labute approximate surface area is 89.9 Å². The van der Waals surface area contributed by atoms with Crippen molar-refractivity contribution < 1.29 is 23.1 Å². The molecule has 0 saturated carbocycles. The van der Waals surface area contributed by atoms with Crippen LogP contribution in [0, 0.1) is 0 Å². The molecule has 0 unspecified atom stereocenters. The van der Waals surface area contributed by atoms with Gasteiger partial charge >= 0.3 is 12.1 Å². The van der Waals surface area contributed by atoms with E-state index in [0.717, 1.165) is 6.07 Å². The fraction of sp³-hybridized carbons (Fsp3) is 0.300. The zero-order valence-corrected chi connectivity index (χ0v) is 8.38. The van der Waals surface area contributed by atoms with Crippen LogP contribution in [0.1, 0.15) is 12.5 Å². The van der Waals surface area contributed by atoms with E-state index in [9.17, 15) is 18.0 Å². The Bertz CT molecular complexity index is 390. The number of nitrogens with one attached hydrogen (secondary N) is 1. The summed E-state index contributed by atoms with van der Waals surface area (Å²) in [6.07, 6.45) is -4.50. The summed E-state index contributed by atoms with van der Waals surface area (Å²) >= 11 is 0. The minimum Gasteiger partial charge on any atom is -0.480 e. The molecular weight excluding hydrogens is 223 g/mol. The first-order valence-corrected chi connectivity index (χ1v) is 4.48. The molecule has 1 rings (SSSR count). The van der Waals surface area contributed by atoms with Crippen molar-refractivity contribution in [2.24, 2.45) is 0 Å². The molecule has 16 heavy (non-hydrogen) atoms. The first-order valence-electron chi connectivity index (χ1n) is 4.48. The van der Waals surface area contributed by atoms with Crippen molar-refractivity contribution in [3.05, 3.63) is 29.8 Å². The van der Waals surface area contributed by atoms with Crippen LogP contribution >= 0.6 is 0 Å². The molecule has 3 nitrogen and oxygen atoms in total. The van der Waals surface area contributed by atoms with Crippen LogP contribution in [0.5, 0.6) is 0 Å². The maximum Gasteiger partial charge on any atom is 0.418 e. The van der Waals surface area contributed by atoms with Gasteiger partial charge in [-0.1, -0.05) is 12.1 Å². The highest BCUT2D eigenvalue weighted by Gasteiger charge is 2.33. The number of rotatable bonds is 3. The van der Waals surface area contributed by atoms with Gasteiger partial charge in [0, 0.05) is 5.69 Å². The Morgan fingerprint density at radius 1 is 1.38 bits per heavy atom. The highest BCUT2D eigenvalue weighted by molar-refractivity contribution is 5.77. The van der Waals surface area contributed by atoms with Crippen molar-refractivity contribution in [1.82, 2.24) is 0 Å². The summed E-state index contributed by atoms with van der Waals surface area (Å²) in [5, 5.41) is 10.9. The normalized spacial score (nSPS) is 13.2. The summed E-state index contributed by atoms with van der Waals surface area (Å²) in [5.74, 6) is -1.21. The number of hydrogen-bond acceptors (Lipinski definition) is 2. The number of carboxylic acid groups (broad SMARTS) is 1. The second kappa shape index (κ2) is 4.42. The van der Waals surface area contributed by atoms with Gasteiger partial charge in [0.2, 0.25) is 0 Å². The Balaban J connectivity index is 3.01. The fourth-order valence-electron chi connectivity index (χ4n) is 1.15. The van der Waals surface area contributed by atoms with E-state index in [1.165, 1.54) is 25.1 Å². The van der Waals surface area contributed by atoms with E-state index in [0.29, 0.717) is 0 Å². The molecule has 0 spiro atoms. The summed E-state index contributed by atoms with van der Waals surface area (Å²) in [6.45, 7) is 1.27. The molecule has 6 heteroatoms. The second-order valence-electron chi connectivity index (χ2n) is 3.25. The van der Waals surface area contributed by atoms with Crippen molar-refractivity contribution in [2.45, 2.75) is 19.1 Å². The molecule has 0 aromatic heterocycles. The lowest BCUT2D eigenvalue weighted by Crippen LogP contribution is -2.26. The molecule has 88 valence electrons. The summed E-state index contributed by atoms with van der Waals surface area (Å²) in [4.78, 5) is 10.5. The largest absolute Gasteiger partial charge is 0.480 e. The third-order valence-corrected chi connectivity index (χ3v) is 1.97. The first kappa shape index (κ1) is 12.4. The van der Waals surface area contributed by atoms with E-state index >= 15 is 0 Å². The molecule has 1 aromatic carbocycles. The summed E-state index contributed by atoms with van der Waals surface area (Å²) in [6, 6.07) is 3.67. The fourth-order valence-corrected chi connectivity index (χ4v) is 1.15. The zero-order chi connectivity index (χ0) is 12.3. The Morgan fingerprint density at radius 2 is 1.94 bits per heavy atom. The van der Waals surface area contributed by atoms with E-state index in [1.54, 1.807) is 0 Å². The number of benzene rings is 1. The van der Waals surface area contributed by atoms with Crippen LogP contribution in [-0.4, -0.2) is 17.1 Å². The van der Waals surface area contributed by atoms with E-state index in [4.69, 9.17) is 5.11 Å². The number of hydrogen-bond donors (Lipinski definition) is 2. The molecule has 0 aliphatic heterocycles. The van der Waals surface area contributed by atoms with E-state index in [2.05, 4.69) is 5.32 Å². The predicted molar refractivity (Wildman–Crippen MR) is 52.2 cm³/mol. The number of carboxylic acids is 1. The summed E-state index contributed by atoms with van der Waals surface area (Å²) < 4.78 is 37.5. The average molecular weight is 233 g/mol. The number of carbonyl (C=O) groups is 1. The van der Waals surface area contributed by atoms with Crippen LogP contribution in [0.2, 0.25) is 0 Å². The summed E-state index contributed by atoms with van der Waals surface area (Å²) in [5.41, 5.74) is -1.10.